The van der Waals surface area contributed by atoms with Crippen molar-refractivity contribution in [1.82, 2.24) is 5.32 Å². The molecule has 0 aliphatic rings. The van der Waals surface area contributed by atoms with Crippen LogP contribution in [-0.4, -0.2) is 17.6 Å². The first-order chi connectivity index (χ1) is 11.2. The maximum Gasteiger partial charge on any atom is 0.251 e. The van der Waals surface area contributed by atoms with Crippen molar-refractivity contribution in [2.75, 3.05) is 6.54 Å². The average molecular weight is 305 g/mol. The summed E-state index contributed by atoms with van der Waals surface area (Å²) < 4.78 is 0. The molecule has 1 amide bonds. The second-order valence-corrected chi connectivity index (χ2v) is 5.61. The third-order valence-corrected chi connectivity index (χ3v) is 4.03. The summed E-state index contributed by atoms with van der Waals surface area (Å²) in [5.41, 5.74) is 2.38. The smallest absolute Gasteiger partial charge is 0.251 e. The van der Waals surface area contributed by atoms with Crippen LogP contribution in [0.15, 0.2) is 66.7 Å². The molecule has 0 spiro atoms. The van der Waals surface area contributed by atoms with E-state index in [0.717, 1.165) is 21.9 Å². The molecule has 0 aliphatic carbocycles. The Hall–Kier alpha value is -2.65. The van der Waals surface area contributed by atoms with Crippen molar-refractivity contribution in [2.45, 2.75) is 13.0 Å². The Bertz CT molecular complexity index is 836. The highest BCUT2D eigenvalue weighted by Crippen LogP contribution is 2.23. The van der Waals surface area contributed by atoms with Crippen LogP contribution in [0.3, 0.4) is 0 Å². The number of amides is 1. The van der Waals surface area contributed by atoms with E-state index in [-0.39, 0.29) is 12.5 Å². The molecule has 23 heavy (non-hydrogen) atoms. The van der Waals surface area contributed by atoms with Crippen molar-refractivity contribution in [3.63, 3.8) is 0 Å². The van der Waals surface area contributed by atoms with Crippen molar-refractivity contribution in [2.24, 2.45) is 0 Å². The molecule has 1 unspecified atom stereocenters. The van der Waals surface area contributed by atoms with Crippen molar-refractivity contribution in [3.05, 3.63) is 83.4 Å². The predicted octanol–water partition coefficient (Wildman–Crippen LogP) is 3.61. The van der Waals surface area contributed by atoms with Gasteiger partial charge in [-0.25, -0.2) is 0 Å². The second kappa shape index (κ2) is 6.63. The van der Waals surface area contributed by atoms with Crippen LogP contribution in [0.5, 0.6) is 0 Å². The number of nitrogens with one attached hydrogen (secondary N) is 1. The first kappa shape index (κ1) is 15.3. The SMILES string of the molecule is Cc1ccccc1C(=O)NCC(O)c1cccc2ccccc12. The third-order valence-electron chi connectivity index (χ3n) is 4.03. The van der Waals surface area contributed by atoms with Gasteiger partial charge in [-0.2, -0.15) is 0 Å². The van der Waals surface area contributed by atoms with Crippen LogP contribution < -0.4 is 5.32 Å². The van der Waals surface area contributed by atoms with Crippen LogP contribution in [0.4, 0.5) is 0 Å². The second-order valence-electron chi connectivity index (χ2n) is 5.61. The zero-order chi connectivity index (χ0) is 16.2. The fourth-order valence-corrected chi connectivity index (χ4v) is 2.76. The van der Waals surface area contributed by atoms with Crippen LogP contribution in [-0.2, 0) is 0 Å². The van der Waals surface area contributed by atoms with Crippen molar-refractivity contribution >= 4 is 16.7 Å². The van der Waals surface area contributed by atoms with E-state index < -0.39 is 6.10 Å². The Labute approximate surface area is 135 Å². The number of aryl methyl sites for hydroxylation is 1. The zero-order valence-corrected chi connectivity index (χ0v) is 13.0. The lowest BCUT2D eigenvalue weighted by Crippen LogP contribution is -2.29. The number of aliphatic hydroxyl groups excluding tert-OH is 1. The maximum atomic E-state index is 12.2. The minimum Gasteiger partial charge on any atom is -0.387 e. The number of benzene rings is 3. The molecule has 3 heteroatoms. The molecular formula is C20H19NO2. The van der Waals surface area contributed by atoms with Gasteiger partial charge in [-0.05, 0) is 34.9 Å². The summed E-state index contributed by atoms with van der Waals surface area (Å²) >= 11 is 0. The third kappa shape index (κ3) is 3.25. The normalized spacial score (nSPS) is 12.1. The first-order valence-electron chi connectivity index (χ1n) is 7.66. The van der Waals surface area contributed by atoms with Gasteiger partial charge in [0.15, 0.2) is 0 Å². The highest BCUT2D eigenvalue weighted by atomic mass is 16.3. The largest absolute Gasteiger partial charge is 0.387 e. The predicted molar refractivity (Wildman–Crippen MR) is 92.4 cm³/mol. The van der Waals surface area contributed by atoms with Gasteiger partial charge >= 0.3 is 0 Å². The zero-order valence-electron chi connectivity index (χ0n) is 13.0. The van der Waals surface area contributed by atoms with Crippen molar-refractivity contribution in [3.8, 4) is 0 Å². The van der Waals surface area contributed by atoms with Gasteiger partial charge in [-0.1, -0.05) is 60.7 Å². The van der Waals surface area contributed by atoms with Gasteiger partial charge in [0.1, 0.15) is 0 Å². The standard InChI is InChI=1S/C20H19NO2/c1-14-7-2-4-10-16(14)20(23)21-13-19(22)18-12-6-9-15-8-3-5-11-17(15)18/h2-12,19,22H,13H2,1H3,(H,21,23). The minimum absolute atomic E-state index is 0.164. The van der Waals surface area contributed by atoms with E-state index in [1.807, 2.05) is 67.6 Å². The molecule has 0 heterocycles. The maximum absolute atomic E-state index is 12.2. The van der Waals surface area contributed by atoms with Gasteiger partial charge in [-0.3, -0.25) is 4.79 Å². The van der Waals surface area contributed by atoms with E-state index in [4.69, 9.17) is 0 Å². The molecule has 2 N–H and O–H groups in total. The molecule has 3 aromatic carbocycles. The van der Waals surface area contributed by atoms with Gasteiger partial charge < -0.3 is 10.4 Å². The highest BCUT2D eigenvalue weighted by Gasteiger charge is 2.14. The summed E-state index contributed by atoms with van der Waals surface area (Å²) in [7, 11) is 0. The Kier molecular flexibility index (Phi) is 4.40. The number of aliphatic hydroxyl groups is 1. The molecule has 0 saturated carbocycles. The molecule has 3 nitrogen and oxygen atoms in total. The van der Waals surface area contributed by atoms with Crippen LogP contribution in [0.2, 0.25) is 0 Å². The molecule has 116 valence electrons. The van der Waals surface area contributed by atoms with Gasteiger partial charge in [-0.15, -0.1) is 0 Å². The molecule has 1 atom stereocenters. The van der Waals surface area contributed by atoms with E-state index in [1.165, 1.54) is 0 Å². The first-order valence-corrected chi connectivity index (χ1v) is 7.66. The van der Waals surface area contributed by atoms with E-state index in [0.29, 0.717) is 5.56 Å². The number of fused-ring (bicyclic) bond motifs is 1. The summed E-state index contributed by atoms with van der Waals surface area (Å²) in [4.78, 5) is 12.2. The molecule has 3 rings (SSSR count). The van der Waals surface area contributed by atoms with E-state index >= 15 is 0 Å². The average Bonchev–Trinajstić information content (AvgIpc) is 2.59. The summed E-state index contributed by atoms with van der Waals surface area (Å²) in [5, 5.41) is 15.4. The van der Waals surface area contributed by atoms with Crippen molar-refractivity contribution in [1.29, 1.82) is 0 Å². The molecule has 3 aromatic rings. The monoisotopic (exact) mass is 305 g/mol. The lowest BCUT2D eigenvalue weighted by atomic mass is 10.0. The molecule has 0 bridgehead atoms. The van der Waals surface area contributed by atoms with E-state index in [2.05, 4.69) is 5.32 Å². The summed E-state index contributed by atoms with van der Waals surface area (Å²) in [6, 6.07) is 21.2. The fraction of sp³-hybridized carbons (Fsp3) is 0.150. The van der Waals surface area contributed by atoms with E-state index in [9.17, 15) is 9.90 Å². The molecule has 0 fully saturated rings. The molecule has 0 aromatic heterocycles. The van der Waals surface area contributed by atoms with Crippen LogP contribution >= 0.6 is 0 Å². The number of carbonyl (C=O) groups is 1. The van der Waals surface area contributed by atoms with Gasteiger partial charge in [0, 0.05) is 12.1 Å². The van der Waals surface area contributed by atoms with E-state index in [1.54, 1.807) is 6.07 Å². The summed E-state index contributed by atoms with van der Waals surface area (Å²) in [6.45, 7) is 2.08. The number of carbonyl (C=O) groups excluding carboxylic acids is 1. The van der Waals surface area contributed by atoms with Gasteiger partial charge in [0.05, 0.1) is 6.10 Å². The Morgan fingerprint density at radius 3 is 2.52 bits per heavy atom. The minimum atomic E-state index is -0.742. The van der Waals surface area contributed by atoms with Crippen LogP contribution in [0.1, 0.15) is 27.6 Å². The molecule has 0 saturated heterocycles. The fourth-order valence-electron chi connectivity index (χ4n) is 2.76. The summed E-state index contributed by atoms with van der Waals surface area (Å²) in [6.07, 6.45) is -0.742. The quantitative estimate of drug-likeness (QED) is 0.773. The highest BCUT2D eigenvalue weighted by molar-refractivity contribution is 5.95. The lowest BCUT2D eigenvalue weighted by Gasteiger charge is -2.15. The number of hydrogen-bond donors (Lipinski definition) is 2. The Morgan fingerprint density at radius 2 is 1.70 bits per heavy atom. The van der Waals surface area contributed by atoms with Crippen molar-refractivity contribution < 1.29 is 9.90 Å². The Balaban J connectivity index is 1.75. The van der Waals surface area contributed by atoms with Gasteiger partial charge in [0.2, 0.25) is 0 Å². The Morgan fingerprint density at radius 1 is 1.00 bits per heavy atom. The van der Waals surface area contributed by atoms with Crippen LogP contribution in [0, 0.1) is 6.92 Å². The van der Waals surface area contributed by atoms with Crippen LogP contribution in [0.25, 0.3) is 10.8 Å². The topological polar surface area (TPSA) is 49.3 Å². The number of hydrogen-bond acceptors (Lipinski definition) is 2. The summed E-state index contributed by atoms with van der Waals surface area (Å²) in [5.74, 6) is -0.164. The number of rotatable bonds is 4. The molecular weight excluding hydrogens is 286 g/mol. The molecule has 0 radical (unpaired) electrons. The lowest BCUT2D eigenvalue weighted by molar-refractivity contribution is 0.0916. The van der Waals surface area contributed by atoms with Gasteiger partial charge in [0.25, 0.3) is 5.91 Å². The molecule has 0 aliphatic heterocycles.